The van der Waals surface area contributed by atoms with Crippen molar-refractivity contribution in [3.05, 3.63) is 0 Å². The van der Waals surface area contributed by atoms with Gasteiger partial charge in [0.05, 0.1) is 0 Å². The third-order valence-electron chi connectivity index (χ3n) is 3.88. The summed E-state index contributed by atoms with van der Waals surface area (Å²) in [6.45, 7) is 4.84. The van der Waals surface area contributed by atoms with Crippen molar-refractivity contribution in [2.45, 2.75) is 65.2 Å². The Kier molecular flexibility index (Phi) is 8.01. The molecule has 1 heterocycles. The summed E-state index contributed by atoms with van der Waals surface area (Å²) in [6.07, 6.45) is 7.62. The number of rotatable bonds is 10. The lowest BCUT2D eigenvalue weighted by molar-refractivity contribution is -0.139. The number of likely N-dealkylation sites (tertiary alicyclic amines) is 1. The van der Waals surface area contributed by atoms with Crippen LogP contribution in [0.25, 0.3) is 0 Å². The zero-order valence-electron chi connectivity index (χ0n) is 13.3. The molecule has 1 fully saturated rings. The molecular formula is C16H28N2O3. The maximum atomic E-state index is 11.7. The Morgan fingerprint density at radius 2 is 1.86 bits per heavy atom. The highest BCUT2D eigenvalue weighted by Crippen LogP contribution is 2.18. The summed E-state index contributed by atoms with van der Waals surface area (Å²) in [6, 6.07) is 0. The van der Waals surface area contributed by atoms with E-state index in [1.165, 1.54) is 30.6 Å². The topological polar surface area (TPSA) is 66.5 Å². The largest absolute Gasteiger partial charge is 0.356 e. The van der Waals surface area contributed by atoms with E-state index in [2.05, 4.69) is 12.2 Å². The number of imide groups is 1. The fourth-order valence-electron chi connectivity index (χ4n) is 2.52. The average molecular weight is 296 g/mol. The molecule has 21 heavy (non-hydrogen) atoms. The van der Waals surface area contributed by atoms with Gasteiger partial charge in [-0.05, 0) is 6.42 Å². The van der Waals surface area contributed by atoms with E-state index in [9.17, 15) is 14.4 Å². The van der Waals surface area contributed by atoms with Crippen molar-refractivity contribution in [2.24, 2.45) is 5.92 Å². The molecule has 3 amide bonds. The van der Waals surface area contributed by atoms with Gasteiger partial charge < -0.3 is 5.32 Å². The molecule has 5 heteroatoms. The fraction of sp³-hybridized carbons (Fsp3) is 0.812. The van der Waals surface area contributed by atoms with E-state index in [1.807, 2.05) is 0 Å². The van der Waals surface area contributed by atoms with Crippen LogP contribution in [0.2, 0.25) is 0 Å². The van der Waals surface area contributed by atoms with Crippen LogP contribution in [0.15, 0.2) is 0 Å². The van der Waals surface area contributed by atoms with Gasteiger partial charge in [0, 0.05) is 31.8 Å². The van der Waals surface area contributed by atoms with Crippen molar-refractivity contribution in [3.63, 3.8) is 0 Å². The fourth-order valence-corrected chi connectivity index (χ4v) is 2.52. The third-order valence-corrected chi connectivity index (χ3v) is 3.88. The highest BCUT2D eigenvalue weighted by Gasteiger charge is 2.35. The molecule has 0 saturated carbocycles. The first-order chi connectivity index (χ1) is 10.1. The van der Waals surface area contributed by atoms with Gasteiger partial charge in [-0.1, -0.05) is 46.0 Å². The van der Waals surface area contributed by atoms with Crippen molar-refractivity contribution >= 4 is 17.7 Å². The molecule has 1 saturated heterocycles. The molecule has 1 aliphatic rings. The molecule has 5 nitrogen and oxygen atoms in total. The summed E-state index contributed by atoms with van der Waals surface area (Å²) in [7, 11) is 0. The second kappa shape index (κ2) is 9.53. The molecule has 1 aliphatic heterocycles. The first-order valence-electron chi connectivity index (χ1n) is 8.17. The summed E-state index contributed by atoms with van der Waals surface area (Å²) in [5.41, 5.74) is 0. The van der Waals surface area contributed by atoms with Crippen LogP contribution in [0.1, 0.15) is 65.2 Å². The Labute approximate surface area is 127 Å². The van der Waals surface area contributed by atoms with Crippen molar-refractivity contribution in [3.8, 4) is 0 Å². The van der Waals surface area contributed by atoms with E-state index in [0.717, 1.165) is 12.8 Å². The number of hydrogen-bond donors (Lipinski definition) is 1. The van der Waals surface area contributed by atoms with Crippen molar-refractivity contribution in [1.82, 2.24) is 10.2 Å². The van der Waals surface area contributed by atoms with Gasteiger partial charge in [-0.3, -0.25) is 19.3 Å². The van der Waals surface area contributed by atoms with Crippen LogP contribution in [0.4, 0.5) is 0 Å². The number of nitrogens with zero attached hydrogens (tertiary/aromatic N) is 1. The Hall–Kier alpha value is -1.39. The first-order valence-corrected chi connectivity index (χ1v) is 8.17. The molecule has 1 rings (SSSR count). The minimum atomic E-state index is -0.233. The normalized spacial score (nSPS) is 18.4. The lowest BCUT2D eigenvalue weighted by atomic mass is 10.1. The molecule has 1 atom stereocenters. The monoisotopic (exact) mass is 296 g/mol. The van der Waals surface area contributed by atoms with Crippen LogP contribution in [-0.4, -0.2) is 35.7 Å². The van der Waals surface area contributed by atoms with Crippen molar-refractivity contribution < 1.29 is 14.4 Å². The number of hydrogen-bond acceptors (Lipinski definition) is 3. The highest BCUT2D eigenvalue weighted by atomic mass is 16.2. The summed E-state index contributed by atoms with van der Waals surface area (Å²) in [5, 5.41) is 2.85. The molecule has 1 unspecified atom stereocenters. The summed E-state index contributed by atoms with van der Waals surface area (Å²) in [4.78, 5) is 36.1. The van der Waals surface area contributed by atoms with Crippen LogP contribution in [-0.2, 0) is 14.4 Å². The standard InChI is InChI=1S/C16H28N2O3/c1-3-4-5-6-7-8-10-17-14(19)9-11-18-15(20)12-13(2)16(18)21/h13H,3-12H2,1-2H3,(H,17,19). The van der Waals surface area contributed by atoms with Gasteiger partial charge in [-0.15, -0.1) is 0 Å². The summed E-state index contributed by atoms with van der Waals surface area (Å²) >= 11 is 0. The SMILES string of the molecule is CCCCCCCCNC(=O)CCN1C(=O)CC(C)C1=O. The molecule has 0 aromatic rings. The van der Waals surface area contributed by atoms with E-state index in [4.69, 9.17) is 0 Å². The zero-order chi connectivity index (χ0) is 15.7. The van der Waals surface area contributed by atoms with Gasteiger partial charge in [0.25, 0.3) is 0 Å². The van der Waals surface area contributed by atoms with E-state index in [1.54, 1.807) is 6.92 Å². The molecular weight excluding hydrogens is 268 g/mol. The average Bonchev–Trinajstić information content (AvgIpc) is 2.69. The van der Waals surface area contributed by atoms with Gasteiger partial charge in [0.15, 0.2) is 0 Å². The predicted molar refractivity (Wildman–Crippen MR) is 81.5 cm³/mol. The first kappa shape index (κ1) is 17.7. The number of carbonyl (C=O) groups is 3. The van der Waals surface area contributed by atoms with Gasteiger partial charge in [0.1, 0.15) is 0 Å². The van der Waals surface area contributed by atoms with Crippen LogP contribution in [0.3, 0.4) is 0 Å². The molecule has 1 N–H and O–H groups in total. The van der Waals surface area contributed by atoms with E-state index >= 15 is 0 Å². The Balaban J connectivity index is 2.06. The van der Waals surface area contributed by atoms with Crippen LogP contribution >= 0.6 is 0 Å². The Morgan fingerprint density at radius 1 is 1.19 bits per heavy atom. The molecule has 0 aromatic carbocycles. The maximum absolute atomic E-state index is 11.7. The van der Waals surface area contributed by atoms with E-state index < -0.39 is 0 Å². The summed E-state index contributed by atoms with van der Waals surface area (Å²) < 4.78 is 0. The molecule has 0 bridgehead atoms. The molecule has 120 valence electrons. The predicted octanol–water partition coefficient (Wildman–Crippen LogP) is 2.25. The van der Waals surface area contributed by atoms with Gasteiger partial charge >= 0.3 is 0 Å². The Bertz CT molecular complexity index is 369. The number of unbranched alkanes of at least 4 members (excludes halogenated alkanes) is 5. The second-order valence-corrected chi connectivity index (χ2v) is 5.86. The lowest BCUT2D eigenvalue weighted by Crippen LogP contribution is -2.35. The number of carbonyl (C=O) groups excluding carboxylic acids is 3. The Morgan fingerprint density at radius 3 is 2.48 bits per heavy atom. The van der Waals surface area contributed by atoms with Crippen LogP contribution < -0.4 is 5.32 Å². The molecule has 0 aliphatic carbocycles. The quantitative estimate of drug-likeness (QED) is 0.496. The molecule has 0 spiro atoms. The van der Waals surface area contributed by atoms with Gasteiger partial charge in [0.2, 0.25) is 17.7 Å². The molecule has 0 radical (unpaired) electrons. The van der Waals surface area contributed by atoms with E-state index in [-0.39, 0.29) is 43.0 Å². The third kappa shape index (κ3) is 6.27. The maximum Gasteiger partial charge on any atom is 0.232 e. The number of amides is 3. The van der Waals surface area contributed by atoms with E-state index in [0.29, 0.717) is 6.54 Å². The van der Waals surface area contributed by atoms with Crippen LogP contribution in [0, 0.1) is 5.92 Å². The van der Waals surface area contributed by atoms with Crippen molar-refractivity contribution in [1.29, 1.82) is 0 Å². The minimum Gasteiger partial charge on any atom is -0.356 e. The van der Waals surface area contributed by atoms with Gasteiger partial charge in [-0.25, -0.2) is 0 Å². The van der Waals surface area contributed by atoms with Gasteiger partial charge in [-0.2, -0.15) is 0 Å². The summed E-state index contributed by atoms with van der Waals surface area (Å²) in [5.74, 6) is -0.618. The molecule has 0 aromatic heterocycles. The van der Waals surface area contributed by atoms with Crippen molar-refractivity contribution in [2.75, 3.05) is 13.1 Å². The second-order valence-electron chi connectivity index (χ2n) is 5.86. The number of nitrogens with one attached hydrogen (secondary N) is 1. The van der Waals surface area contributed by atoms with Crippen LogP contribution in [0.5, 0.6) is 0 Å². The lowest BCUT2D eigenvalue weighted by Gasteiger charge is -2.13. The minimum absolute atomic E-state index is 0.0799. The zero-order valence-corrected chi connectivity index (χ0v) is 13.3. The smallest absolute Gasteiger partial charge is 0.232 e. The highest BCUT2D eigenvalue weighted by molar-refractivity contribution is 6.03.